The first-order valence-electron chi connectivity index (χ1n) is 6.74. The van der Waals surface area contributed by atoms with Crippen molar-refractivity contribution < 1.29 is 0 Å². The Hall–Kier alpha value is -0.870. The summed E-state index contributed by atoms with van der Waals surface area (Å²) in [5, 5.41) is 0. The number of thioether (sulfide) groups is 1. The number of likely N-dealkylation sites (N-methyl/N-ethyl adjacent to an activating group) is 1. The summed E-state index contributed by atoms with van der Waals surface area (Å²) in [6.07, 6.45) is 0. The van der Waals surface area contributed by atoms with E-state index in [0.29, 0.717) is 0 Å². The number of hydrogen-bond acceptors (Lipinski definition) is 4. The van der Waals surface area contributed by atoms with E-state index in [1.54, 1.807) is 0 Å². The lowest BCUT2D eigenvalue weighted by Crippen LogP contribution is -2.37. The van der Waals surface area contributed by atoms with Crippen LogP contribution in [0.3, 0.4) is 0 Å². The van der Waals surface area contributed by atoms with Crippen molar-refractivity contribution >= 4 is 23.1 Å². The fourth-order valence-electron chi connectivity index (χ4n) is 2.33. The molecule has 2 rings (SSSR count). The summed E-state index contributed by atoms with van der Waals surface area (Å²) in [7, 11) is 0. The molecule has 1 aliphatic rings. The second-order valence-electron chi connectivity index (χ2n) is 4.59. The third kappa shape index (κ3) is 3.12. The van der Waals surface area contributed by atoms with Gasteiger partial charge in [0.15, 0.2) is 0 Å². The van der Waals surface area contributed by atoms with Crippen molar-refractivity contribution in [2.24, 2.45) is 0 Å². The summed E-state index contributed by atoms with van der Waals surface area (Å²) >= 11 is 1.92. The van der Waals surface area contributed by atoms with Gasteiger partial charge in [0.1, 0.15) is 0 Å². The van der Waals surface area contributed by atoms with Crippen molar-refractivity contribution in [3.05, 3.63) is 18.2 Å². The molecule has 0 unspecified atom stereocenters. The molecule has 1 aromatic rings. The average molecular weight is 265 g/mol. The Bertz CT molecular complexity index is 391. The van der Waals surface area contributed by atoms with E-state index in [1.165, 1.54) is 10.6 Å². The predicted molar refractivity (Wildman–Crippen MR) is 81.6 cm³/mol. The van der Waals surface area contributed by atoms with Crippen molar-refractivity contribution in [1.82, 2.24) is 4.90 Å². The molecule has 0 radical (unpaired) electrons. The molecule has 1 aliphatic heterocycles. The molecule has 0 fully saturated rings. The zero-order valence-electron chi connectivity index (χ0n) is 11.4. The molecule has 100 valence electrons. The lowest BCUT2D eigenvalue weighted by Gasteiger charge is -2.32. The van der Waals surface area contributed by atoms with E-state index in [0.717, 1.165) is 44.2 Å². The Morgan fingerprint density at radius 3 is 2.83 bits per heavy atom. The number of nitrogens with two attached hydrogens (primary N) is 1. The molecule has 4 heteroatoms. The monoisotopic (exact) mass is 265 g/mol. The third-order valence-corrected chi connectivity index (χ3v) is 4.55. The van der Waals surface area contributed by atoms with Gasteiger partial charge in [-0.3, -0.25) is 0 Å². The Morgan fingerprint density at radius 2 is 2.11 bits per heavy atom. The standard InChI is InChI=1S/C14H23N3S/c1-3-16(4-2)7-8-17-9-10-18-14-11-12(15)5-6-13(14)17/h5-6,11H,3-4,7-10,15H2,1-2H3. The highest BCUT2D eigenvalue weighted by Crippen LogP contribution is 2.35. The fraction of sp³-hybridized carbons (Fsp3) is 0.571. The normalized spacial score (nSPS) is 14.9. The van der Waals surface area contributed by atoms with Gasteiger partial charge in [0, 0.05) is 36.0 Å². The van der Waals surface area contributed by atoms with Crippen LogP contribution in [0.15, 0.2) is 23.1 Å². The largest absolute Gasteiger partial charge is 0.399 e. The van der Waals surface area contributed by atoms with Gasteiger partial charge in [0.2, 0.25) is 0 Å². The van der Waals surface area contributed by atoms with E-state index in [1.807, 2.05) is 17.8 Å². The van der Waals surface area contributed by atoms with E-state index < -0.39 is 0 Å². The SMILES string of the molecule is CCN(CC)CCN1CCSc2cc(N)ccc21. The predicted octanol–water partition coefficient (Wildman–Crippen LogP) is 2.52. The second-order valence-corrected chi connectivity index (χ2v) is 5.73. The van der Waals surface area contributed by atoms with Gasteiger partial charge in [-0.05, 0) is 31.3 Å². The Labute approximate surface area is 114 Å². The molecule has 0 bridgehead atoms. The van der Waals surface area contributed by atoms with Crippen LogP contribution in [0.25, 0.3) is 0 Å². The minimum Gasteiger partial charge on any atom is -0.399 e. The lowest BCUT2D eigenvalue weighted by molar-refractivity contribution is 0.309. The number of anilines is 2. The van der Waals surface area contributed by atoms with Crippen LogP contribution in [0, 0.1) is 0 Å². The molecule has 2 N–H and O–H groups in total. The Kier molecular flexibility index (Phi) is 4.78. The summed E-state index contributed by atoms with van der Waals surface area (Å²) < 4.78 is 0. The van der Waals surface area contributed by atoms with Crippen molar-refractivity contribution in [3.8, 4) is 0 Å². The van der Waals surface area contributed by atoms with Gasteiger partial charge in [-0.15, -0.1) is 11.8 Å². The summed E-state index contributed by atoms with van der Waals surface area (Å²) in [6, 6.07) is 6.28. The van der Waals surface area contributed by atoms with Crippen LogP contribution in [-0.2, 0) is 0 Å². The molecule has 1 aromatic carbocycles. The molecule has 0 amide bonds. The van der Waals surface area contributed by atoms with Gasteiger partial charge in [-0.1, -0.05) is 13.8 Å². The van der Waals surface area contributed by atoms with Crippen LogP contribution in [0.2, 0.25) is 0 Å². The summed E-state index contributed by atoms with van der Waals surface area (Å²) in [4.78, 5) is 6.29. The van der Waals surface area contributed by atoms with Crippen LogP contribution < -0.4 is 10.6 Å². The molecule has 0 saturated carbocycles. The van der Waals surface area contributed by atoms with Crippen LogP contribution in [0.4, 0.5) is 11.4 Å². The zero-order valence-corrected chi connectivity index (χ0v) is 12.2. The molecular formula is C14H23N3S. The highest BCUT2D eigenvalue weighted by atomic mass is 32.2. The lowest BCUT2D eigenvalue weighted by atomic mass is 10.2. The van der Waals surface area contributed by atoms with E-state index in [2.05, 4.69) is 35.8 Å². The first-order chi connectivity index (χ1) is 8.74. The van der Waals surface area contributed by atoms with Gasteiger partial charge in [-0.2, -0.15) is 0 Å². The van der Waals surface area contributed by atoms with Crippen molar-refractivity contribution in [2.75, 3.05) is 49.1 Å². The van der Waals surface area contributed by atoms with Crippen molar-refractivity contribution in [1.29, 1.82) is 0 Å². The van der Waals surface area contributed by atoms with Crippen LogP contribution in [0.1, 0.15) is 13.8 Å². The number of hydrogen-bond donors (Lipinski definition) is 1. The number of nitrogens with zero attached hydrogens (tertiary/aromatic N) is 2. The first-order valence-corrected chi connectivity index (χ1v) is 7.72. The van der Waals surface area contributed by atoms with E-state index in [-0.39, 0.29) is 0 Å². The van der Waals surface area contributed by atoms with Gasteiger partial charge in [0.25, 0.3) is 0 Å². The smallest absolute Gasteiger partial charge is 0.0506 e. The number of fused-ring (bicyclic) bond motifs is 1. The van der Waals surface area contributed by atoms with Crippen molar-refractivity contribution in [2.45, 2.75) is 18.7 Å². The maximum atomic E-state index is 5.85. The minimum absolute atomic E-state index is 0.867. The van der Waals surface area contributed by atoms with E-state index in [9.17, 15) is 0 Å². The van der Waals surface area contributed by atoms with Gasteiger partial charge in [-0.25, -0.2) is 0 Å². The molecule has 0 atom stereocenters. The molecule has 0 spiro atoms. The summed E-state index contributed by atoms with van der Waals surface area (Å²) in [5.74, 6) is 1.16. The maximum absolute atomic E-state index is 5.85. The molecular weight excluding hydrogens is 242 g/mol. The quantitative estimate of drug-likeness (QED) is 0.829. The van der Waals surface area contributed by atoms with Crippen LogP contribution in [0.5, 0.6) is 0 Å². The van der Waals surface area contributed by atoms with Gasteiger partial charge < -0.3 is 15.5 Å². The highest BCUT2D eigenvalue weighted by Gasteiger charge is 2.17. The van der Waals surface area contributed by atoms with Gasteiger partial charge >= 0.3 is 0 Å². The minimum atomic E-state index is 0.867. The molecule has 0 aliphatic carbocycles. The molecule has 0 aromatic heterocycles. The molecule has 0 saturated heterocycles. The average Bonchev–Trinajstić information content (AvgIpc) is 2.39. The summed E-state index contributed by atoms with van der Waals surface area (Å²) in [6.45, 7) is 10.1. The fourth-order valence-corrected chi connectivity index (χ4v) is 3.42. The topological polar surface area (TPSA) is 32.5 Å². The first kappa shape index (κ1) is 13.6. The second kappa shape index (κ2) is 6.34. The molecule has 1 heterocycles. The molecule has 3 nitrogen and oxygen atoms in total. The number of benzene rings is 1. The molecule has 18 heavy (non-hydrogen) atoms. The Morgan fingerprint density at radius 1 is 1.33 bits per heavy atom. The number of nitrogen functional groups attached to an aromatic ring is 1. The maximum Gasteiger partial charge on any atom is 0.0506 e. The highest BCUT2D eigenvalue weighted by molar-refractivity contribution is 7.99. The summed E-state index contributed by atoms with van der Waals surface area (Å²) in [5.41, 5.74) is 8.07. The van der Waals surface area contributed by atoms with Gasteiger partial charge in [0.05, 0.1) is 5.69 Å². The number of rotatable bonds is 5. The third-order valence-electron chi connectivity index (χ3n) is 3.52. The van der Waals surface area contributed by atoms with Crippen molar-refractivity contribution in [3.63, 3.8) is 0 Å². The van der Waals surface area contributed by atoms with Crippen LogP contribution >= 0.6 is 11.8 Å². The van der Waals surface area contributed by atoms with E-state index >= 15 is 0 Å². The van der Waals surface area contributed by atoms with E-state index in [4.69, 9.17) is 5.73 Å². The van der Waals surface area contributed by atoms with Crippen LogP contribution in [-0.4, -0.2) is 43.4 Å². The Balaban J connectivity index is 2.03. The zero-order chi connectivity index (χ0) is 13.0.